The van der Waals surface area contributed by atoms with E-state index in [9.17, 15) is 0 Å². The molecule has 0 bridgehead atoms. The molecule has 0 saturated carbocycles. The first kappa shape index (κ1) is 15.6. The third-order valence-electron chi connectivity index (χ3n) is 5.29. The van der Waals surface area contributed by atoms with Gasteiger partial charge in [0.2, 0.25) is 0 Å². The minimum absolute atomic E-state index is 0.981. The highest BCUT2D eigenvalue weighted by Crippen LogP contribution is 2.45. The quantitative estimate of drug-likeness (QED) is 0.317. The molecule has 28 heavy (non-hydrogen) atoms. The predicted molar refractivity (Wildman–Crippen MR) is 119 cm³/mol. The highest BCUT2D eigenvalue weighted by atomic mass is 32.1. The number of fused-ring (bicyclic) bond motifs is 5. The Morgan fingerprint density at radius 2 is 1.36 bits per heavy atom. The second kappa shape index (κ2) is 6.04. The van der Waals surface area contributed by atoms with E-state index in [1.165, 1.54) is 37.9 Å². The predicted octanol–water partition coefficient (Wildman–Crippen LogP) is 7.04. The van der Waals surface area contributed by atoms with Gasteiger partial charge in [-0.05, 0) is 34.7 Å². The van der Waals surface area contributed by atoms with Gasteiger partial charge in [-0.15, -0.1) is 11.3 Å². The standard InChI is InChI=1S/C25H16N2S/c1-3-9-17(10-4-1)21-19-14-16-28-25(19)23-24(22(21)18-11-5-2-6-12-18)27-15-8-7-13-20(27)26-23/h1-16H. The van der Waals surface area contributed by atoms with E-state index in [4.69, 9.17) is 4.98 Å². The monoisotopic (exact) mass is 376 g/mol. The second-order valence-electron chi connectivity index (χ2n) is 6.88. The van der Waals surface area contributed by atoms with Crippen molar-refractivity contribution in [1.82, 2.24) is 9.38 Å². The number of aromatic nitrogens is 2. The van der Waals surface area contributed by atoms with Crippen molar-refractivity contribution in [2.24, 2.45) is 0 Å². The number of rotatable bonds is 2. The molecule has 6 rings (SSSR count). The van der Waals surface area contributed by atoms with Crippen LogP contribution in [0.25, 0.3) is 49.0 Å². The Balaban J connectivity index is 1.93. The molecule has 0 amide bonds. The van der Waals surface area contributed by atoms with Crippen molar-refractivity contribution in [2.75, 3.05) is 0 Å². The van der Waals surface area contributed by atoms with Crippen molar-refractivity contribution in [1.29, 1.82) is 0 Å². The molecule has 0 unspecified atom stereocenters. The molecule has 0 aliphatic carbocycles. The van der Waals surface area contributed by atoms with E-state index in [0.717, 1.165) is 11.2 Å². The van der Waals surface area contributed by atoms with Crippen molar-refractivity contribution in [3.8, 4) is 22.3 Å². The summed E-state index contributed by atoms with van der Waals surface area (Å²) in [6.07, 6.45) is 2.12. The molecule has 3 heterocycles. The first-order valence-corrected chi connectivity index (χ1v) is 10.2. The van der Waals surface area contributed by atoms with Gasteiger partial charge in [0.1, 0.15) is 11.2 Å². The minimum Gasteiger partial charge on any atom is -0.299 e. The summed E-state index contributed by atoms with van der Waals surface area (Å²) in [6.45, 7) is 0. The van der Waals surface area contributed by atoms with Gasteiger partial charge in [-0.25, -0.2) is 4.98 Å². The molecule has 0 radical (unpaired) electrons. The Bertz CT molecular complexity index is 1440. The fourth-order valence-electron chi connectivity index (χ4n) is 4.13. The van der Waals surface area contributed by atoms with Gasteiger partial charge in [-0.1, -0.05) is 66.7 Å². The number of hydrogen-bond donors (Lipinski definition) is 0. The molecule has 0 aliphatic rings. The third kappa shape index (κ3) is 2.17. The molecule has 0 fully saturated rings. The van der Waals surface area contributed by atoms with Crippen LogP contribution in [-0.4, -0.2) is 9.38 Å². The summed E-state index contributed by atoms with van der Waals surface area (Å²) >= 11 is 1.77. The lowest BCUT2D eigenvalue weighted by molar-refractivity contribution is 1.23. The lowest BCUT2D eigenvalue weighted by atomic mass is 9.90. The molecule has 0 N–H and O–H groups in total. The summed E-state index contributed by atoms with van der Waals surface area (Å²) in [5, 5.41) is 3.45. The number of hydrogen-bond acceptors (Lipinski definition) is 2. The van der Waals surface area contributed by atoms with Gasteiger partial charge in [0, 0.05) is 22.7 Å². The lowest BCUT2D eigenvalue weighted by Gasteiger charge is -2.14. The highest BCUT2D eigenvalue weighted by Gasteiger charge is 2.21. The molecule has 0 saturated heterocycles. The van der Waals surface area contributed by atoms with Gasteiger partial charge in [0.15, 0.2) is 0 Å². The van der Waals surface area contributed by atoms with Crippen LogP contribution < -0.4 is 0 Å². The molecule has 6 aromatic rings. The van der Waals surface area contributed by atoms with Crippen molar-refractivity contribution >= 4 is 38.1 Å². The normalized spacial score (nSPS) is 11.6. The fourth-order valence-corrected chi connectivity index (χ4v) is 5.02. The Morgan fingerprint density at radius 3 is 2.11 bits per heavy atom. The van der Waals surface area contributed by atoms with Crippen LogP contribution in [0, 0.1) is 0 Å². The lowest BCUT2D eigenvalue weighted by Crippen LogP contribution is -1.92. The average molecular weight is 376 g/mol. The minimum atomic E-state index is 0.981. The molecule has 3 heteroatoms. The first-order chi connectivity index (χ1) is 13.9. The number of imidazole rings is 1. The van der Waals surface area contributed by atoms with Gasteiger partial charge in [0.25, 0.3) is 0 Å². The van der Waals surface area contributed by atoms with E-state index < -0.39 is 0 Å². The van der Waals surface area contributed by atoms with E-state index in [2.05, 4.69) is 94.8 Å². The van der Waals surface area contributed by atoms with Crippen LogP contribution in [0.3, 0.4) is 0 Å². The largest absolute Gasteiger partial charge is 0.299 e. The zero-order chi connectivity index (χ0) is 18.5. The van der Waals surface area contributed by atoms with Crippen molar-refractivity contribution < 1.29 is 0 Å². The third-order valence-corrected chi connectivity index (χ3v) is 6.21. The maximum absolute atomic E-state index is 5.01. The van der Waals surface area contributed by atoms with E-state index in [1.807, 2.05) is 6.07 Å². The van der Waals surface area contributed by atoms with Crippen LogP contribution in [0.15, 0.2) is 96.5 Å². The summed E-state index contributed by atoms with van der Waals surface area (Å²) in [4.78, 5) is 5.01. The summed E-state index contributed by atoms with van der Waals surface area (Å²) in [7, 11) is 0. The number of pyridine rings is 1. The zero-order valence-corrected chi connectivity index (χ0v) is 15.9. The highest BCUT2D eigenvalue weighted by molar-refractivity contribution is 7.18. The van der Waals surface area contributed by atoms with Crippen LogP contribution in [0.2, 0.25) is 0 Å². The maximum Gasteiger partial charge on any atom is 0.137 e. The topological polar surface area (TPSA) is 17.3 Å². The molecule has 3 aromatic heterocycles. The molecular weight excluding hydrogens is 360 g/mol. The number of thiophene rings is 1. The summed E-state index contributed by atoms with van der Waals surface area (Å²) in [5.74, 6) is 0. The molecule has 0 aliphatic heterocycles. The maximum atomic E-state index is 5.01. The zero-order valence-electron chi connectivity index (χ0n) is 15.0. The Labute approximate surface area is 166 Å². The van der Waals surface area contributed by atoms with E-state index in [0.29, 0.717) is 0 Å². The van der Waals surface area contributed by atoms with Gasteiger partial charge in [-0.3, -0.25) is 4.40 Å². The number of nitrogens with zero attached hydrogens (tertiary/aromatic N) is 2. The van der Waals surface area contributed by atoms with Crippen molar-refractivity contribution in [3.05, 3.63) is 96.5 Å². The summed E-state index contributed by atoms with van der Waals surface area (Å²) in [6, 6.07) is 29.8. The summed E-state index contributed by atoms with van der Waals surface area (Å²) < 4.78 is 3.47. The van der Waals surface area contributed by atoms with Gasteiger partial charge >= 0.3 is 0 Å². The smallest absolute Gasteiger partial charge is 0.137 e. The Morgan fingerprint density at radius 1 is 0.679 bits per heavy atom. The van der Waals surface area contributed by atoms with Gasteiger partial charge in [0.05, 0.1) is 10.2 Å². The molecular formula is C25H16N2S. The molecule has 132 valence electrons. The van der Waals surface area contributed by atoms with Crippen LogP contribution >= 0.6 is 11.3 Å². The van der Waals surface area contributed by atoms with E-state index in [1.54, 1.807) is 11.3 Å². The molecule has 0 spiro atoms. The number of benzene rings is 3. The Kier molecular flexibility index (Phi) is 3.37. The molecule has 0 atom stereocenters. The van der Waals surface area contributed by atoms with E-state index in [-0.39, 0.29) is 0 Å². The van der Waals surface area contributed by atoms with Crippen LogP contribution in [0.1, 0.15) is 0 Å². The second-order valence-corrected chi connectivity index (χ2v) is 7.80. The van der Waals surface area contributed by atoms with Crippen molar-refractivity contribution in [2.45, 2.75) is 0 Å². The van der Waals surface area contributed by atoms with Crippen molar-refractivity contribution in [3.63, 3.8) is 0 Å². The van der Waals surface area contributed by atoms with Gasteiger partial charge in [-0.2, -0.15) is 0 Å². The van der Waals surface area contributed by atoms with Gasteiger partial charge < -0.3 is 0 Å². The molecule has 2 nitrogen and oxygen atoms in total. The van der Waals surface area contributed by atoms with Crippen LogP contribution in [0.4, 0.5) is 0 Å². The van der Waals surface area contributed by atoms with Crippen LogP contribution in [0.5, 0.6) is 0 Å². The first-order valence-electron chi connectivity index (χ1n) is 9.32. The SMILES string of the molecule is c1ccc(-c2c(-c3ccccc3)c3c(nc4ccccn43)c3sccc23)cc1. The Hall–Kier alpha value is -3.43. The molecule has 3 aromatic carbocycles. The summed E-state index contributed by atoms with van der Waals surface area (Å²) in [5.41, 5.74) is 8.20. The fraction of sp³-hybridized carbons (Fsp3) is 0. The van der Waals surface area contributed by atoms with E-state index >= 15 is 0 Å². The van der Waals surface area contributed by atoms with Crippen LogP contribution in [-0.2, 0) is 0 Å². The average Bonchev–Trinajstić information content (AvgIpc) is 3.39.